The molecule has 27 heavy (non-hydrogen) atoms. The summed E-state index contributed by atoms with van der Waals surface area (Å²) in [5.74, 6) is 0.650. The molecule has 1 atom stereocenters. The minimum absolute atomic E-state index is 0.324. The van der Waals surface area contributed by atoms with E-state index in [-0.39, 0.29) is 0 Å². The van der Waals surface area contributed by atoms with Crippen molar-refractivity contribution in [3.05, 3.63) is 59.7 Å². The van der Waals surface area contributed by atoms with Crippen LogP contribution in [0.4, 0.5) is 0 Å². The van der Waals surface area contributed by atoms with E-state index in [0.29, 0.717) is 18.1 Å². The highest BCUT2D eigenvalue weighted by molar-refractivity contribution is 5.13. The largest absolute Gasteiger partial charge is 0.376 e. The van der Waals surface area contributed by atoms with E-state index in [2.05, 4.69) is 58.0 Å². The van der Waals surface area contributed by atoms with E-state index in [4.69, 9.17) is 4.74 Å². The van der Waals surface area contributed by atoms with Crippen molar-refractivity contribution in [3.63, 3.8) is 0 Å². The van der Waals surface area contributed by atoms with E-state index in [1.54, 1.807) is 6.20 Å². The molecule has 5 nitrogen and oxygen atoms in total. The Labute approximate surface area is 162 Å². The molecule has 144 valence electrons. The number of piperidine rings is 1. The van der Waals surface area contributed by atoms with Crippen LogP contribution < -0.4 is 0 Å². The summed E-state index contributed by atoms with van der Waals surface area (Å²) in [5, 5.41) is 0. The molecule has 1 spiro atoms. The van der Waals surface area contributed by atoms with Crippen molar-refractivity contribution in [1.82, 2.24) is 19.8 Å². The van der Waals surface area contributed by atoms with Crippen LogP contribution in [0.1, 0.15) is 29.8 Å². The maximum Gasteiger partial charge on any atom is 0.0731 e. The van der Waals surface area contributed by atoms with Gasteiger partial charge in [-0.3, -0.25) is 19.8 Å². The summed E-state index contributed by atoms with van der Waals surface area (Å²) in [4.78, 5) is 13.9. The van der Waals surface area contributed by atoms with Crippen LogP contribution in [0.15, 0.2) is 42.7 Å². The van der Waals surface area contributed by atoms with Gasteiger partial charge in [-0.25, -0.2) is 0 Å². The minimum Gasteiger partial charge on any atom is -0.376 e. The zero-order valence-corrected chi connectivity index (χ0v) is 16.5. The van der Waals surface area contributed by atoms with Crippen molar-refractivity contribution in [2.45, 2.75) is 38.5 Å². The van der Waals surface area contributed by atoms with Gasteiger partial charge in [-0.1, -0.05) is 12.1 Å². The number of ether oxygens (including phenoxy) is 1. The van der Waals surface area contributed by atoms with E-state index in [9.17, 15) is 0 Å². The van der Waals surface area contributed by atoms with E-state index in [0.717, 1.165) is 44.0 Å². The van der Waals surface area contributed by atoms with Crippen LogP contribution >= 0.6 is 0 Å². The summed E-state index contributed by atoms with van der Waals surface area (Å²) in [7, 11) is 2.29. The molecule has 0 aromatic carbocycles. The Morgan fingerprint density at radius 1 is 1.22 bits per heavy atom. The molecule has 2 aliphatic rings. The molecule has 2 saturated heterocycles. The first kappa shape index (κ1) is 18.5. The molecule has 0 N–H and O–H groups in total. The molecule has 0 radical (unpaired) electrons. The lowest BCUT2D eigenvalue weighted by Crippen LogP contribution is -2.71. The number of likely N-dealkylation sites (N-methyl/N-ethyl adjacent to an activating group) is 1. The highest BCUT2D eigenvalue weighted by Crippen LogP contribution is 2.38. The molecule has 0 unspecified atom stereocenters. The normalized spacial score (nSPS) is 22.7. The highest BCUT2D eigenvalue weighted by atomic mass is 16.5. The fourth-order valence-electron chi connectivity index (χ4n) is 4.56. The van der Waals surface area contributed by atoms with Gasteiger partial charge in [-0.15, -0.1) is 0 Å². The molecule has 0 amide bonds. The summed E-state index contributed by atoms with van der Waals surface area (Å²) in [5.41, 5.74) is 3.76. The van der Waals surface area contributed by atoms with Crippen molar-refractivity contribution in [2.24, 2.45) is 5.92 Å². The second-order valence-electron chi connectivity index (χ2n) is 8.30. The SMILES string of the molecule is Cc1cccc(CN2CC3(C[C@@H](COCc4cccnc4)CCN3C)C2)n1. The van der Waals surface area contributed by atoms with Gasteiger partial charge in [-0.2, -0.15) is 0 Å². The summed E-state index contributed by atoms with van der Waals surface area (Å²) in [6, 6.07) is 10.3. The molecule has 0 aliphatic carbocycles. The number of rotatable bonds is 6. The molecule has 0 bridgehead atoms. The maximum absolute atomic E-state index is 6.01. The smallest absolute Gasteiger partial charge is 0.0731 e. The first-order valence-corrected chi connectivity index (χ1v) is 9.96. The number of aromatic nitrogens is 2. The lowest BCUT2D eigenvalue weighted by Gasteiger charge is -2.58. The van der Waals surface area contributed by atoms with Crippen molar-refractivity contribution >= 4 is 0 Å². The number of pyridine rings is 2. The summed E-state index contributed by atoms with van der Waals surface area (Å²) in [6.45, 7) is 7.97. The minimum atomic E-state index is 0.324. The Morgan fingerprint density at radius 2 is 2.11 bits per heavy atom. The Balaban J connectivity index is 1.27. The third-order valence-electron chi connectivity index (χ3n) is 6.06. The first-order valence-electron chi connectivity index (χ1n) is 9.96. The average Bonchev–Trinajstić information content (AvgIpc) is 2.64. The van der Waals surface area contributed by atoms with Crippen molar-refractivity contribution < 1.29 is 4.74 Å². The van der Waals surface area contributed by atoms with Gasteiger partial charge in [0.25, 0.3) is 0 Å². The summed E-state index contributed by atoms with van der Waals surface area (Å²) < 4.78 is 6.01. The van der Waals surface area contributed by atoms with Crippen LogP contribution in [-0.4, -0.2) is 58.6 Å². The van der Waals surface area contributed by atoms with E-state index < -0.39 is 0 Å². The Bertz CT molecular complexity index is 745. The predicted molar refractivity (Wildman–Crippen MR) is 106 cm³/mol. The molecule has 2 aromatic heterocycles. The number of hydrogen-bond donors (Lipinski definition) is 0. The number of hydrogen-bond acceptors (Lipinski definition) is 5. The molecule has 4 rings (SSSR count). The van der Waals surface area contributed by atoms with Crippen LogP contribution in [0.5, 0.6) is 0 Å². The highest BCUT2D eigenvalue weighted by Gasteiger charge is 2.49. The monoisotopic (exact) mass is 366 g/mol. The Hall–Kier alpha value is -1.82. The number of nitrogens with zero attached hydrogens (tertiary/aromatic N) is 4. The van der Waals surface area contributed by atoms with Crippen LogP contribution in [-0.2, 0) is 17.9 Å². The van der Waals surface area contributed by atoms with Crippen LogP contribution in [0.2, 0.25) is 0 Å². The molecule has 2 aromatic rings. The first-order chi connectivity index (χ1) is 13.1. The van der Waals surface area contributed by atoms with E-state index in [1.807, 2.05) is 12.3 Å². The van der Waals surface area contributed by atoms with Gasteiger partial charge in [0, 0.05) is 49.9 Å². The molecule has 2 fully saturated rings. The number of aryl methyl sites for hydroxylation is 1. The maximum atomic E-state index is 6.01. The molecular weight excluding hydrogens is 336 g/mol. The van der Waals surface area contributed by atoms with Gasteiger partial charge in [0.2, 0.25) is 0 Å². The molecule has 2 aliphatic heterocycles. The van der Waals surface area contributed by atoms with E-state index >= 15 is 0 Å². The molecule has 4 heterocycles. The van der Waals surface area contributed by atoms with Gasteiger partial charge >= 0.3 is 0 Å². The van der Waals surface area contributed by atoms with E-state index in [1.165, 1.54) is 18.5 Å². The van der Waals surface area contributed by atoms with Gasteiger partial charge in [0.05, 0.1) is 12.3 Å². The fraction of sp³-hybridized carbons (Fsp3) is 0.545. The lowest BCUT2D eigenvalue weighted by atomic mass is 9.75. The summed E-state index contributed by atoms with van der Waals surface area (Å²) >= 11 is 0. The average molecular weight is 367 g/mol. The van der Waals surface area contributed by atoms with Gasteiger partial charge in [0.1, 0.15) is 0 Å². The third-order valence-corrected chi connectivity index (χ3v) is 6.06. The van der Waals surface area contributed by atoms with Crippen molar-refractivity contribution in [3.8, 4) is 0 Å². The van der Waals surface area contributed by atoms with Crippen LogP contribution in [0, 0.1) is 12.8 Å². The van der Waals surface area contributed by atoms with Crippen LogP contribution in [0.3, 0.4) is 0 Å². The van der Waals surface area contributed by atoms with Gasteiger partial charge < -0.3 is 4.74 Å². The zero-order valence-electron chi connectivity index (χ0n) is 16.5. The summed E-state index contributed by atoms with van der Waals surface area (Å²) in [6.07, 6.45) is 6.15. The molecule has 5 heteroatoms. The Morgan fingerprint density at radius 3 is 2.89 bits per heavy atom. The Kier molecular flexibility index (Phi) is 5.53. The van der Waals surface area contributed by atoms with Crippen molar-refractivity contribution in [1.29, 1.82) is 0 Å². The fourth-order valence-corrected chi connectivity index (χ4v) is 4.56. The van der Waals surface area contributed by atoms with Gasteiger partial charge in [0.15, 0.2) is 0 Å². The standard InChI is InChI=1S/C22H30N4O/c1-18-5-3-7-21(24-18)13-26-16-22(17-26)11-19(8-10-25(22)2)14-27-15-20-6-4-9-23-12-20/h3-7,9,12,19H,8,10-11,13-17H2,1-2H3/t19-/m0/s1. The topological polar surface area (TPSA) is 41.5 Å². The number of likely N-dealkylation sites (tertiary alicyclic amines) is 2. The lowest BCUT2D eigenvalue weighted by molar-refractivity contribution is -0.0939. The molecule has 0 saturated carbocycles. The zero-order chi connectivity index (χ0) is 18.7. The van der Waals surface area contributed by atoms with Crippen molar-refractivity contribution in [2.75, 3.05) is 33.3 Å². The predicted octanol–water partition coefficient (Wildman–Crippen LogP) is 2.90. The van der Waals surface area contributed by atoms with Gasteiger partial charge in [-0.05, 0) is 63.0 Å². The second kappa shape index (κ2) is 8.05. The van der Waals surface area contributed by atoms with Crippen LogP contribution in [0.25, 0.3) is 0 Å². The second-order valence-corrected chi connectivity index (χ2v) is 8.30. The molecular formula is C22H30N4O. The third kappa shape index (κ3) is 4.37. The quantitative estimate of drug-likeness (QED) is 0.786.